The van der Waals surface area contributed by atoms with Crippen LogP contribution in [0.1, 0.15) is 16.2 Å². The number of ether oxygens (including phenoxy) is 1. The Morgan fingerprint density at radius 1 is 1.33 bits per heavy atom. The summed E-state index contributed by atoms with van der Waals surface area (Å²) in [4.78, 5) is 23.6. The number of amides is 1. The maximum absolute atomic E-state index is 14.3. The summed E-state index contributed by atoms with van der Waals surface area (Å²) >= 11 is 3.14. The molecule has 0 unspecified atom stereocenters. The molecule has 3 rings (SSSR count). The van der Waals surface area contributed by atoms with Crippen molar-refractivity contribution in [2.24, 2.45) is 10.7 Å². The molecule has 27 heavy (non-hydrogen) atoms. The summed E-state index contributed by atoms with van der Waals surface area (Å²) in [5.74, 6) is -1.92. The lowest BCUT2D eigenvalue weighted by atomic mass is 9.90. The van der Waals surface area contributed by atoms with Gasteiger partial charge >= 0.3 is 0 Å². The maximum atomic E-state index is 14.3. The summed E-state index contributed by atoms with van der Waals surface area (Å²) in [5, 5.41) is 2.44. The van der Waals surface area contributed by atoms with Crippen LogP contribution in [0.4, 0.5) is 18.9 Å². The summed E-state index contributed by atoms with van der Waals surface area (Å²) in [5.41, 5.74) is 2.87. The van der Waals surface area contributed by atoms with E-state index in [0.717, 1.165) is 12.1 Å². The molecule has 1 aliphatic rings. The van der Waals surface area contributed by atoms with E-state index >= 15 is 0 Å². The number of hydrogen-bond donors (Lipinski definition) is 2. The number of aromatic nitrogens is 2. The standard InChI is InChI=1S/C16H13BrF3N5O2/c17-8-4-22-13(23-5-8)14(26)24-9-1-2-11(18)10(3-9)16(15(19)20)7-27-6-12(21)25-16/h1-5,15H,6-7H2,(H2,21,25)(H,24,26)/t16-/m0/s1. The van der Waals surface area contributed by atoms with E-state index in [2.05, 4.69) is 36.2 Å². The first kappa shape index (κ1) is 19.2. The van der Waals surface area contributed by atoms with Crippen molar-refractivity contribution in [3.8, 4) is 0 Å². The van der Waals surface area contributed by atoms with Crippen molar-refractivity contribution in [1.29, 1.82) is 0 Å². The third-order valence-corrected chi connectivity index (χ3v) is 4.20. The number of nitrogens with one attached hydrogen (secondary N) is 1. The molecule has 7 nitrogen and oxygen atoms in total. The second-order valence-electron chi connectivity index (χ2n) is 5.69. The molecule has 0 radical (unpaired) electrons. The number of alkyl halides is 2. The minimum Gasteiger partial charge on any atom is -0.385 e. The highest BCUT2D eigenvalue weighted by Crippen LogP contribution is 2.37. The monoisotopic (exact) mass is 443 g/mol. The minimum absolute atomic E-state index is 0.0716. The number of nitrogens with two attached hydrogens (primary N) is 1. The second-order valence-corrected chi connectivity index (χ2v) is 6.61. The van der Waals surface area contributed by atoms with E-state index in [4.69, 9.17) is 10.5 Å². The fraction of sp³-hybridized carbons (Fsp3) is 0.250. The van der Waals surface area contributed by atoms with Crippen molar-refractivity contribution in [1.82, 2.24) is 9.97 Å². The molecule has 2 heterocycles. The highest BCUT2D eigenvalue weighted by molar-refractivity contribution is 9.10. The molecular formula is C16H13BrF3N5O2. The lowest BCUT2D eigenvalue weighted by Crippen LogP contribution is -2.45. The molecule has 0 fully saturated rings. The number of hydrogen-bond acceptors (Lipinski definition) is 6. The lowest BCUT2D eigenvalue weighted by Gasteiger charge is -2.33. The van der Waals surface area contributed by atoms with Crippen molar-refractivity contribution < 1.29 is 22.7 Å². The third-order valence-electron chi connectivity index (χ3n) is 3.79. The fourth-order valence-corrected chi connectivity index (χ4v) is 2.76. The summed E-state index contributed by atoms with van der Waals surface area (Å²) < 4.78 is 47.6. The van der Waals surface area contributed by atoms with Crippen LogP contribution >= 0.6 is 15.9 Å². The minimum atomic E-state index is -3.08. The van der Waals surface area contributed by atoms with E-state index < -0.39 is 35.9 Å². The summed E-state index contributed by atoms with van der Waals surface area (Å²) in [7, 11) is 0. The predicted molar refractivity (Wildman–Crippen MR) is 94.2 cm³/mol. The molecule has 1 atom stereocenters. The Kier molecular flexibility index (Phi) is 5.42. The molecule has 0 bridgehead atoms. The van der Waals surface area contributed by atoms with Gasteiger partial charge in [0.05, 0.1) is 11.1 Å². The van der Waals surface area contributed by atoms with Gasteiger partial charge in [-0.1, -0.05) is 0 Å². The van der Waals surface area contributed by atoms with Crippen LogP contribution in [0, 0.1) is 5.82 Å². The van der Waals surface area contributed by atoms with Crippen molar-refractivity contribution in [3.05, 3.63) is 52.3 Å². The Hall–Kier alpha value is -2.53. The number of halogens is 4. The van der Waals surface area contributed by atoms with E-state index in [1.807, 2.05) is 0 Å². The van der Waals surface area contributed by atoms with Crippen molar-refractivity contribution in [2.75, 3.05) is 18.5 Å². The summed E-state index contributed by atoms with van der Waals surface area (Å²) in [6, 6.07) is 3.26. The van der Waals surface area contributed by atoms with Gasteiger partial charge in [0, 0.05) is 23.6 Å². The van der Waals surface area contributed by atoms with Crippen LogP contribution in [-0.4, -0.2) is 41.3 Å². The quantitative estimate of drug-likeness (QED) is 0.755. The SMILES string of the molecule is NC1=N[C@@](c2cc(NC(=O)c3ncc(Br)cn3)ccc2F)(C(F)F)COC1. The Balaban J connectivity index is 1.95. The van der Waals surface area contributed by atoms with Crippen LogP contribution in [0.5, 0.6) is 0 Å². The van der Waals surface area contributed by atoms with Gasteiger partial charge in [0.25, 0.3) is 12.3 Å². The van der Waals surface area contributed by atoms with Gasteiger partial charge < -0.3 is 15.8 Å². The van der Waals surface area contributed by atoms with E-state index in [1.165, 1.54) is 18.5 Å². The highest BCUT2D eigenvalue weighted by atomic mass is 79.9. The van der Waals surface area contributed by atoms with E-state index in [1.54, 1.807) is 0 Å². The van der Waals surface area contributed by atoms with E-state index in [0.29, 0.717) is 4.47 Å². The Morgan fingerprint density at radius 2 is 2.04 bits per heavy atom. The molecular weight excluding hydrogens is 431 g/mol. The van der Waals surface area contributed by atoms with Crippen molar-refractivity contribution >= 4 is 33.4 Å². The molecule has 142 valence electrons. The number of carbonyl (C=O) groups excluding carboxylic acids is 1. The molecule has 3 N–H and O–H groups in total. The molecule has 0 saturated heterocycles. The fourth-order valence-electron chi connectivity index (χ4n) is 2.55. The van der Waals surface area contributed by atoms with Gasteiger partial charge in [-0.3, -0.25) is 9.79 Å². The number of amidine groups is 1. The smallest absolute Gasteiger partial charge is 0.293 e. The summed E-state index contributed by atoms with van der Waals surface area (Å²) in [6.07, 6.45) is -0.326. The zero-order valence-electron chi connectivity index (χ0n) is 13.6. The molecule has 1 aliphatic heterocycles. The van der Waals surface area contributed by atoms with Gasteiger partial charge in [0.15, 0.2) is 5.54 Å². The first-order valence-corrected chi connectivity index (χ1v) is 8.40. The van der Waals surface area contributed by atoms with Gasteiger partial charge in [-0.25, -0.2) is 23.1 Å². The van der Waals surface area contributed by atoms with Crippen LogP contribution in [0.25, 0.3) is 0 Å². The number of anilines is 1. The highest BCUT2D eigenvalue weighted by Gasteiger charge is 2.46. The van der Waals surface area contributed by atoms with Gasteiger partial charge in [-0.2, -0.15) is 0 Å². The molecule has 0 spiro atoms. The normalized spacial score (nSPS) is 19.7. The van der Waals surface area contributed by atoms with Crippen LogP contribution in [0.3, 0.4) is 0 Å². The second kappa shape index (κ2) is 7.61. The molecule has 2 aromatic rings. The van der Waals surface area contributed by atoms with Gasteiger partial charge in [-0.15, -0.1) is 0 Å². The first-order valence-electron chi connectivity index (χ1n) is 7.61. The molecule has 1 aromatic carbocycles. The lowest BCUT2D eigenvalue weighted by molar-refractivity contribution is -0.0145. The number of rotatable bonds is 4. The summed E-state index contributed by atoms with van der Waals surface area (Å²) in [6.45, 7) is -0.664. The average Bonchev–Trinajstić information content (AvgIpc) is 2.63. The predicted octanol–water partition coefficient (Wildman–Crippen LogP) is 2.48. The van der Waals surface area contributed by atoms with Crippen molar-refractivity contribution in [3.63, 3.8) is 0 Å². The molecule has 0 saturated carbocycles. The molecule has 1 aromatic heterocycles. The third kappa shape index (κ3) is 3.93. The van der Waals surface area contributed by atoms with E-state index in [-0.39, 0.29) is 24.0 Å². The maximum Gasteiger partial charge on any atom is 0.293 e. The van der Waals surface area contributed by atoms with Crippen LogP contribution in [-0.2, 0) is 10.3 Å². The van der Waals surface area contributed by atoms with Gasteiger partial charge in [0.2, 0.25) is 5.82 Å². The largest absolute Gasteiger partial charge is 0.385 e. The van der Waals surface area contributed by atoms with Crippen LogP contribution in [0.2, 0.25) is 0 Å². The van der Waals surface area contributed by atoms with Crippen molar-refractivity contribution in [2.45, 2.75) is 12.0 Å². The number of nitrogens with zero attached hydrogens (tertiary/aromatic N) is 3. The van der Waals surface area contributed by atoms with Gasteiger partial charge in [-0.05, 0) is 34.1 Å². The van der Waals surface area contributed by atoms with Gasteiger partial charge in [0.1, 0.15) is 18.3 Å². The average molecular weight is 444 g/mol. The molecule has 1 amide bonds. The number of carbonyl (C=O) groups is 1. The topological polar surface area (TPSA) is 102 Å². The number of aliphatic imine (C=N–C) groups is 1. The number of benzene rings is 1. The zero-order chi connectivity index (χ0) is 19.6. The Bertz CT molecular complexity index is 894. The molecule has 11 heteroatoms. The molecule has 0 aliphatic carbocycles. The first-order chi connectivity index (χ1) is 12.8. The van der Waals surface area contributed by atoms with Crippen LogP contribution in [0.15, 0.2) is 40.1 Å². The zero-order valence-corrected chi connectivity index (χ0v) is 15.2. The van der Waals surface area contributed by atoms with E-state index in [9.17, 15) is 18.0 Å². The Morgan fingerprint density at radius 3 is 2.67 bits per heavy atom. The van der Waals surface area contributed by atoms with Crippen LogP contribution < -0.4 is 11.1 Å². The Labute approximate surface area is 160 Å².